The summed E-state index contributed by atoms with van der Waals surface area (Å²) in [5, 5.41) is 0. The molecule has 0 unspecified atom stereocenters. The summed E-state index contributed by atoms with van der Waals surface area (Å²) in [4.78, 5) is 33.0. The van der Waals surface area contributed by atoms with Crippen molar-refractivity contribution in [1.29, 1.82) is 0 Å². The number of anilines is 1. The van der Waals surface area contributed by atoms with Gasteiger partial charge < -0.3 is 23.7 Å². The zero-order valence-corrected chi connectivity index (χ0v) is 17.7. The van der Waals surface area contributed by atoms with Gasteiger partial charge in [-0.2, -0.15) is 4.98 Å². The van der Waals surface area contributed by atoms with Gasteiger partial charge in [0.15, 0.2) is 5.58 Å². The number of benzene rings is 1. The van der Waals surface area contributed by atoms with Gasteiger partial charge in [-0.1, -0.05) is 19.4 Å². The lowest BCUT2D eigenvalue weighted by molar-refractivity contribution is 0.0128. The van der Waals surface area contributed by atoms with Crippen molar-refractivity contribution in [2.24, 2.45) is 0 Å². The molecule has 0 radical (unpaired) electrons. The summed E-state index contributed by atoms with van der Waals surface area (Å²) in [6.07, 6.45) is 1.50. The Hall–Kier alpha value is -2.77. The Kier molecular flexibility index (Phi) is 6.00. The van der Waals surface area contributed by atoms with E-state index in [1.807, 2.05) is 25.7 Å². The number of amides is 1. The molecule has 1 amide bonds. The summed E-state index contributed by atoms with van der Waals surface area (Å²) in [5.41, 5.74) is 0.855. The molecule has 29 heavy (non-hydrogen) atoms. The first kappa shape index (κ1) is 21.0. The lowest BCUT2D eigenvalue weighted by atomic mass is 10.1. The maximum atomic E-state index is 12.6. The summed E-state index contributed by atoms with van der Waals surface area (Å²) in [5.74, 6) is -0.450. The Labute approximate surface area is 170 Å². The van der Waals surface area contributed by atoms with Crippen LogP contribution in [0.2, 0.25) is 0 Å². The van der Waals surface area contributed by atoms with E-state index in [1.165, 1.54) is 7.11 Å². The zero-order valence-electron chi connectivity index (χ0n) is 17.7. The van der Waals surface area contributed by atoms with Gasteiger partial charge in [-0.3, -0.25) is 0 Å². The fourth-order valence-corrected chi connectivity index (χ4v) is 3.52. The molecule has 8 nitrogen and oxygen atoms in total. The van der Waals surface area contributed by atoms with Gasteiger partial charge in [-0.25, -0.2) is 9.59 Å². The van der Waals surface area contributed by atoms with Crippen LogP contribution >= 0.6 is 0 Å². The number of carbonyl (C=O) groups is 2. The predicted octanol–water partition coefficient (Wildman–Crippen LogP) is 3.84. The van der Waals surface area contributed by atoms with Gasteiger partial charge in [0.2, 0.25) is 0 Å². The number of rotatable bonds is 4. The third kappa shape index (κ3) is 4.63. The summed E-state index contributed by atoms with van der Waals surface area (Å²) in [7, 11) is 1.34. The van der Waals surface area contributed by atoms with E-state index < -0.39 is 11.6 Å². The summed E-state index contributed by atoms with van der Waals surface area (Å²) in [6.45, 7) is 9.37. The molecule has 0 saturated carbocycles. The van der Waals surface area contributed by atoms with E-state index in [0.717, 1.165) is 12.8 Å². The van der Waals surface area contributed by atoms with E-state index in [0.29, 0.717) is 42.3 Å². The van der Waals surface area contributed by atoms with Crippen molar-refractivity contribution in [2.45, 2.75) is 52.2 Å². The SMILES string of the molecule is CCC[C@H]1CN(c2nc3c(C(=O)OC)cccc3o2)CCN1C(=O)OC(C)(C)C. The first-order chi connectivity index (χ1) is 13.7. The molecule has 1 aliphatic heterocycles. The van der Waals surface area contributed by atoms with Gasteiger partial charge in [0.1, 0.15) is 11.1 Å². The topological polar surface area (TPSA) is 85.1 Å². The fraction of sp³-hybridized carbons (Fsp3) is 0.571. The van der Waals surface area contributed by atoms with Crippen molar-refractivity contribution in [3.8, 4) is 0 Å². The van der Waals surface area contributed by atoms with Crippen LogP contribution in [0.5, 0.6) is 0 Å². The smallest absolute Gasteiger partial charge is 0.410 e. The number of esters is 1. The van der Waals surface area contributed by atoms with Crippen LogP contribution in [0.4, 0.5) is 10.8 Å². The minimum atomic E-state index is -0.532. The fourth-order valence-electron chi connectivity index (χ4n) is 3.52. The molecule has 1 fully saturated rings. The highest BCUT2D eigenvalue weighted by Crippen LogP contribution is 2.28. The molecule has 2 aromatic rings. The molecule has 1 aromatic carbocycles. The van der Waals surface area contributed by atoms with Crippen LogP contribution in [0.1, 0.15) is 50.9 Å². The third-order valence-electron chi connectivity index (χ3n) is 4.82. The second kappa shape index (κ2) is 8.31. The number of hydrogen-bond donors (Lipinski definition) is 0. The van der Waals surface area contributed by atoms with Gasteiger partial charge in [0.05, 0.1) is 18.7 Å². The molecule has 158 valence electrons. The zero-order chi connectivity index (χ0) is 21.2. The molecular weight excluding hydrogens is 374 g/mol. The molecule has 0 bridgehead atoms. The Bertz CT molecular complexity index is 886. The van der Waals surface area contributed by atoms with E-state index in [1.54, 1.807) is 23.1 Å². The van der Waals surface area contributed by atoms with Crippen molar-refractivity contribution in [1.82, 2.24) is 9.88 Å². The molecule has 0 N–H and O–H groups in total. The number of oxazole rings is 1. The van der Waals surface area contributed by atoms with E-state index >= 15 is 0 Å². The quantitative estimate of drug-likeness (QED) is 0.717. The normalized spacial score (nSPS) is 17.5. The second-order valence-electron chi connectivity index (χ2n) is 8.20. The highest BCUT2D eigenvalue weighted by molar-refractivity contribution is 6.01. The number of carbonyl (C=O) groups excluding carboxylic acids is 2. The highest BCUT2D eigenvalue weighted by atomic mass is 16.6. The van der Waals surface area contributed by atoms with E-state index in [4.69, 9.17) is 13.9 Å². The van der Waals surface area contributed by atoms with Gasteiger partial charge in [-0.05, 0) is 39.3 Å². The minimum absolute atomic E-state index is 0.00121. The Balaban J connectivity index is 1.82. The standard InChI is InChI=1S/C21H29N3O5/c1-6-8-14-13-23(11-12-24(14)20(26)29-21(2,3)4)19-22-17-15(18(25)27-5)9-7-10-16(17)28-19/h7,9-10,14H,6,8,11-13H2,1-5H3/t14-/m0/s1. The second-order valence-corrected chi connectivity index (χ2v) is 8.20. The maximum absolute atomic E-state index is 12.6. The molecule has 2 heterocycles. The van der Waals surface area contributed by atoms with Gasteiger partial charge in [-0.15, -0.1) is 0 Å². The van der Waals surface area contributed by atoms with Crippen molar-refractivity contribution in [3.05, 3.63) is 23.8 Å². The maximum Gasteiger partial charge on any atom is 0.410 e. The average molecular weight is 403 g/mol. The van der Waals surface area contributed by atoms with Crippen LogP contribution in [0.25, 0.3) is 11.1 Å². The lowest BCUT2D eigenvalue weighted by Gasteiger charge is -2.41. The largest absolute Gasteiger partial charge is 0.465 e. The number of fused-ring (bicyclic) bond motifs is 1. The number of para-hydroxylation sites is 1. The van der Waals surface area contributed by atoms with Crippen molar-refractivity contribution < 1.29 is 23.5 Å². The molecule has 3 rings (SSSR count). The summed E-state index contributed by atoms with van der Waals surface area (Å²) in [6, 6.07) is 5.63. The van der Waals surface area contributed by atoms with Crippen LogP contribution in [-0.4, -0.2) is 60.3 Å². The van der Waals surface area contributed by atoms with Gasteiger partial charge >= 0.3 is 12.1 Å². The number of aromatic nitrogens is 1. The summed E-state index contributed by atoms with van der Waals surface area (Å²) >= 11 is 0. The first-order valence-electron chi connectivity index (χ1n) is 9.96. The first-order valence-corrected chi connectivity index (χ1v) is 9.96. The van der Waals surface area contributed by atoms with Crippen LogP contribution in [0.15, 0.2) is 22.6 Å². The van der Waals surface area contributed by atoms with E-state index in [2.05, 4.69) is 11.9 Å². The third-order valence-corrected chi connectivity index (χ3v) is 4.82. The number of piperazine rings is 1. The Morgan fingerprint density at radius 2 is 2.03 bits per heavy atom. The number of ether oxygens (including phenoxy) is 2. The van der Waals surface area contributed by atoms with Crippen LogP contribution < -0.4 is 4.90 Å². The molecular formula is C21H29N3O5. The molecule has 0 spiro atoms. The predicted molar refractivity (Wildman–Crippen MR) is 109 cm³/mol. The number of hydrogen-bond acceptors (Lipinski definition) is 7. The van der Waals surface area contributed by atoms with Crippen molar-refractivity contribution >= 4 is 29.2 Å². The minimum Gasteiger partial charge on any atom is -0.465 e. The highest BCUT2D eigenvalue weighted by Gasteiger charge is 2.34. The molecule has 1 atom stereocenters. The van der Waals surface area contributed by atoms with Crippen LogP contribution in [0.3, 0.4) is 0 Å². The molecule has 1 saturated heterocycles. The molecule has 8 heteroatoms. The van der Waals surface area contributed by atoms with E-state index in [9.17, 15) is 9.59 Å². The molecule has 1 aliphatic rings. The van der Waals surface area contributed by atoms with Gasteiger partial charge in [0.25, 0.3) is 6.01 Å². The monoisotopic (exact) mass is 403 g/mol. The average Bonchev–Trinajstić information content (AvgIpc) is 3.10. The lowest BCUT2D eigenvalue weighted by Crippen LogP contribution is -2.56. The Morgan fingerprint density at radius 3 is 2.69 bits per heavy atom. The van der Waals surface area contributed by atoms with E-state index in [-0.39, 0.29) is 12.1 Å². The Morgan fingerprint density at radius 1 is 1.28 bits per heavy atom. The van der Waals surface area contributed by atoms with Crippen LogP contribution in [-0.2, 0) is 9.47 Å². The van der Waals surface area contributed by atoms with Gasteiger partial charge in [0, 0.05) is 19.6 Å². The van der Waals surface area contributed by atoms with Crippen LogP contribution in [0, 0.1) is 0 Å². The number of nitrogens with zero attached hydrogens (tertiary/aromatic N) is 3. The number of methoxy groups -OCH3 is 1. The molecule has 1 aromatic heterocycles. The molecule has 0 aliphatic carbocycles. The van der Waals surface area contributed by atoms with Crippen molar-refractivity contribution in [2.75, 3.05) is 31.6 Å². The van der Waals surface area contributed by atoms with Crippen molar-refractivity contribution in [3.63, 3.8) is 0 Å². The summed E-state index contributed by atoms with van der Waals surface area (Å²) < 4.78 is 16.3.